The fourth-order valence-electron chi connectivity index (χ4n) is 3.02. The van der Waals surface area contributed by atoms with E-state index in [1.807, 2.05) is 0 Å². The van der Waals surface area contributed by atoms with E-state index in [0.29, 0.717) is 11.0 Å². The summed E-state index contributed by atoms with van der Waals surface area (Å²) in [6.07, 6.45) is 3.91. The number of nitrogens with zero attached hydrogens (tertiary/aromatic N) is 1. The van der Waals surface area contributed by atoms with Crippen LogP contribution in [0.5, 0.6) is 0 Å². The number of hydrogen-bond acceptors (Lipinski definition) is 2. The minimum absolute atomic E-state index is 0.426. The van der Waals surface area contributed by atoms with Crippen molar-refractivity contribution >= 4 is 0 Å². The standard InChI is InChI=1S/C12H24N2/c1-4-11(3,5-2)14-7-10-6-12(10,8-13)9-14/h10H,4-9,13H2,1-3H3. The van der Waals surface area contributed by atoms with Gasteiger partial charge in [0.1, 0.15) is 0 Å². The zero-order valence-electron chi connectivity index (χ0n) is 9.84. The largest absolute Gasteiger partial charge is 0.330 e. The molecule has 1 aliphatic heterocycles. The Kier molecular flexibility index (Phi) is 2.39. The zero-order valence-corrected chi connectivity index (χ0v) is 9.84. The Hall–Kier alpha value is -0.0800. The van der Waals surface area contributed by atoms with Crippen LogP contribution in [0.15, 0.2) is 0 Å². The Morgan fingerprint density at radius 2 is 2.07 bits per heavy atom. The van der Waals surface area contributed by atoms with Crippen molar-refractivity contribution in [2.45, 2.75) is 45.6 Å². The van der Waals surface area contributed by atoms with Gasteiger partial charge in [-0.1, -0.05) is 13.8 Å². The molecule has 82 valence electrons. The Morgan fingerprint density at radius 1 is 1.43 bits per heavy atom. The SMILES string of the molecule is CCC(C)(CC)N1CC2CC2(CN)C1. The first-order chi connectivity index (χ1) is 6.60. The van der Waals surface area contributed by atoms with Gasteiger partial charge in [-0.05, 0) is 44.1 Å². The highest BCUT2D eigenvalue weighted by Crippen LogP contribution is 2.58. The fourth-order valence-corrected chi connectivity index (χ4v) is 3.02. The maximum absolute atomic E-state index is 5.87. The van der Waals surface area contributed by atoms with E-state index in [1.165, 1.54) is 32.4 Å². The van der Waals surface area contributed by atoms with Gasteiger partial charge in [-0.25, -0.2) is 0 Å². The van der Waals surface area contributed by atoms with Gasteiger partial charge in [0.15, 0.2) is 0 Å². The second-order valence-corrected chi connectivity index (χ2v) is 5.55. The van der Waals surface area contributed by atoms with Gasteiger partial charge < -0.3 is 5.73 Å². The number of rotatable bonds is 4. The molecule has 1 aliphatic carbocycles. The average molecular weight is 196 g/mol. The maximum atomic E-state index is 5.87. The topological polar surface area (TPSA) is 29.3 Å². The molecule has 0 aromatic heterocycles. The molecule has 2 nitrogen and oxygen atoms in total. The first-order valence-electron chi connectivity index (χ1n) is 6.05. The van der Waals surface area contributed by atoms with Gasteiger partial charge >= 0.3 is 0 Å². The molecule has 14 heavy (non-hydrogen) atoms. The minimum Gasteiger partial charge on any atom is -0.330 e. The van der Waals surface area contributed by atoms with E-state index in [9.17, 15) is 0 Å². The fraction of sp³-hybridized carbons (Fsp3) is 1.00. The molecule has 2 heteroatoms. The molecule has 0 amide bonds. The van der Waals surface area contributed by atoms with Crippen LogP contribution in [0, 0.1) is 11.3 Å². The van der Waals surface area contributed by atoms with E-state index in [4.69, 9.17) is 5.73 Å². The molecule has 2 fully saturated rings. The molecule has 1 saturated carbocycles. The number of hydrogen-bond donors (Lipinski definition) is 1. The summed E-state index contributed by atoms with van der Waals surface area (Å²) in [6, 6.07) is 0. The summed E-state index contributed by atoms with van der Waals surface area (Å²) < 4.78 is 0. The van der Waals surface area contributed by atoms with Crippen LogP contribution in [0.3, 0.4) is 0 Å². The summed E-state index contributed by atoms with van der Waals surface area (Å²) in [5.74, 6) is 0.921. The lowest BCUT2D eigenvalue weighted by molar-refractivity contribution is 0.102. The molecule has 2 unspecified atom stereocenters. The molecule has 2 N–H and O–H groups in total. The summed E-state index contributed by atoms with van der Waals surface area (Å²) in [5.41, 5.74) is 6.83. The number of piperidine rings is 1. The third-order valence-electron chi connectivity index (χ3n) is 5.00. The Bertz CT molecular complexity index is 218. The van der Waals surface area contributed by atoms with Gasteiger partial charge in [0.25, 0.3) is 0 Å². The number of fused-ring (bicyclic) bond motifs is 1. The third kappa shape index (κ3) is 1.31. The monoisotopic (exact) mass is 196 g/mol. The van der Waals surface area contributed by atoms with Crippen molar-refractivity contribution in [2.24, 2.45) is 17.1 Å². The summed E-state index contributed by atoms with van der Waals surface area (Å²) in [7, 11) is 0. The first kappa shape index (κ1) is 10.4. The lowest BCUT2D eigenvalue weighted by Crippen LogP contribution is -2.46. The van der Waals surface area contributed by atoms with Gasteiger partial charge in [0, 0.05) is 18.6 Å². The van der Waals surface area contributed by atoms with Crippen molar-refractivity contribution in [2.75, 3.05) is 19.6 Å². The number of nitrogens with two attached hydrogens (primary N) is 1. The van der Waals surface area contributed by atoms with Crippen LogP contribution < -0.4 is 5.73 Å². The molecule has 2 atom stereocenters. The van der Waals surface area contributed by atoms with Crippen LogP contribution in [-0.2, 0) is 0 Å². The Labute approximate surface area is 87.8 Å². The third-order valence-corrected chi connectivity index (χ3v) is 5.00. The van der Waals surface area contributed by atoms with Gasteiger partial charge in [-0.3, -0.25) is 4.90 Å². The second kappa shape index (κ2) is 3.21. The van der Waals surface area contributed by atoms with E-state index >= 15 is 0 Å². The quantitative estimate of drug-likeness (QED) is 0.743. The van der Waals surface area contributed by atoms with E-state index in [2.05, 4.69) is 25.7 Å². The van der Waals surface area contributed by atoms with Gasteiger partial charge in [0.2, 0.25) is 0 Å². The minimum atomic E-state index is 0.426. The van der Waals surface area contributed by atoms with Crippen LogP contribution >= 0.6 is 0 Å². The molecule has 0 radical (unpaired) electrons. The lowest BCUT2D eigenvalue weighted by Gasteiger charge is -2.39. The number of likely N-dealkylation sites (tertiary alicyclic amines) is 1. The van der Waals surface area contributed by atoms with Crippen molar-refractivity contribution in [1.82, 2.24) is 4.90 Å². The maximum Gasteiger partial charge on any atom is 0.0176 e. The molecular formula is C12H24N2. The summed E-state index contributed by atoms with van der Waals surface area (Å²) in [6.45, 7) is 10.5. The highest BCUT2D eigenvalue weighted by Gasteiger charge is 2.60. The second-order valence-electron chi connectivity index (χ2n) is 5.55. The molecule has 2 aliphatic rings. The molecule has 0 bridgehead atoms. The van der Waals surface area contributed by atoms with Crippen LogP contribution in [0.1, 0.15) is 40.0 Å². The smallest absolute Gasteiger partial charge is 0.0176 e. The van der Waals surface area contributed by atoms with Crippen molar-refractivity contribution in [1.29, 1.82) is 0 Å². The normalized spacial score (nSPS) is 37.3. The lowest BCUT2D eigenvalue weighted by atomic mass is 9.92. The molecule has 1 heterocycles. The van der Waals surface area contributed by atoms with Crippen molar-refractivity contribution in [3.8, 4) is 0 Å². The van der Waals surface area contributed by atoms with E-state index in [0.717, 1.165) is 12.5 Å². The summed E-state index contributed by atoms with van der Waals surface area (Å²) in [5, 5.41) is 0. The van der Waals surface area contributed by atoms with Crippen LogP contribution in [0.4, 0.5) is 0 Å². The van der Waals surface area contributed by atoms with Crippen molar-refractivity contribution in [3.05, 3.63) is 0 Å². The Balaban J connectivity index is 2.02. The van der Waals surface area contributed by atoms with Crippen molar-refractivity contribution < 1.29 is 0 Å². The van der Waals surface area contributed by atoms with Crippen LogP contribution in [0.25, 0.3) is 0 Å². The highest BCUT2D eigenvalue weighted by atomic mass is 15.3. The summed E-state index contributed by atoms with van der Waals surface area (Å²) in [4.78, 5) is 2.69. The molecule has 0 aromatic rings. The predicted molar refractivity (Wildman–Crippen MR) is 60.2 cm³/mol. The van der Waals surface area contributed by atoms with Gasteiger partial charge in [0.05, 0.1) is 0 Å². The average Bonchev–Trinajstić information content (AvgIpc) is 2.80. The Morgan fingerprint density at radius 3 is 2.50 bits per heavy atom. The van der Waals surface area contributed by atoms with Crippen LogP contribution in [-0.4, -0.2) is 30.1 Å². The first-order valence-corrected chi connectivity index (χ1v) is 6.05. The molecule has 0 aromatic carbocycles. The van der Waals surface area contributed by atoms with E-state index < -0.39 is 0 Å². The zero-order chi connectivity index (χ0) is 10.4. The molecule has 1 saturated heterocycles. The summed E-state index contributed by atoms with van der Waals surface area (Å²) >= 11 is 0. The van der Waals surface area contributed by atoms with Crippen LogP contribution in [0.2, 0.25) is 0 Å². The van der Waals surface area contributed by atoms with Gasteiger partial charge in [-0.15, -0.1) is 0 Å². The van der Waals surface area contributed by atoms with E-state index in [1.54, 1.807) is 0 Å². The van der Waals surface area contributed by atoms with E-state index in [-0.39, 0.29) is 0 Å². The highest BCUT2D eigenvalue weighted by molar-refractivity contribution is 5.13. The molecular weight excluding hydrogens is 172 g/mol. The predicted octanol–water partition coefficient (Wildman–Crippen LogP) is 1.85. The molecule has 0 spiro atoms. The molecule has 2 rings (SSSR count). The van der Waals surface area contributed by atoms with Crippen molar-refractivity contribution in [3.63, 3.8) is 0 Å². The van der Waals surface area contributed by atoms with Gasteiger partial charge in [-0.2, -0.15) is 0 Å².